The smallest absolute Gasteiger partial charge is 0.154 e. The summed E-state index contributed by atoms with van der Waals surface area (Å²) in [5, 5.41) is 15.3. The predicted octanol–water partition coefficient (Wildman–Crippen LogP) is 3.32. The minimum absolute atomic E-state index is 0.471. The monoisotopic (exact) mass is 243 g/mol. The molecule has 0 spiro atoms. The molecule has 0 bridgehead atoms. The van der Waals surface area contributed by atoms with Gasteiger partial charge in [-0.15, -0.1) is 10.3 Å². The van der Waals surface area contributed by atoms with Crippen LogP contribution in [0.3, 0.4) is 0 Å². The highest BCUT2D eigenvalue weighted by Crippen LogP contribution is 2.15. The van der Waals surface area contributed by atoms with Crippen LogP contribution in [0, 0.1) is 5.21 Å². The van der Waals surface area contributed by atoms with E-state index in [0.717, 1.165) is 5.75 Å². The van der Waals surface area contributed by atoms with Crippen LogP contribution >= 0.6 is 0 Å². The van der Waals surface area contributed by atoms with Crippen molar-refractivity contribution >= 4 is 11.4 Å². The molecule has 92 valence electrons. The molecule has 0 aromatic heterocycles. The molecule has 0 saturated heterocycles. The molecular formula is C13H13N3O2. The molecule has 0 aliphatic carbocycles. The van der Waals surface area contributed by atoms with Gasteiger partial charge < -0.3 is 9.94 Å². The maximum absolute atomic E-state index is 11.6. The summed E-state index contributed by atoms with van der Waals surface area (Å²) >= 11 is 0. The first-order chi connectivity index (χ1) is 8.79. The van der Waals surface area contributed by atoms with Crippen LogP contribution in [-0.2, 0) is 0 Å². The molecule has 0 atom stereocenters. The number of nitrogens with zero attached hydrogens (tertiary/aromatic N) is 2. The number of benzene rings is 2. The van der Waals surface area contributed by atoms with E-state index in [-0.39, 0.29) is 0 Å². The number of nitrogens with one attached hydrogen (secondary N) is 1. The fraction of sp³-hybridized carbons (Fsp3) is 0.0769. The Bertz CT molecular complexity index is 524. The van der Waals surface area contributed by atoms with Crippen LogP contribution in [0.15, 0.2) is 59.8 Å². The van der Waals surface area contributed by atoms with Crippen LogP contribution in [-0.4, -0.2) is 12.0 Å². The van der Waals surface area contributed by atoms with Crippen molar-refractivity contribution in [2.24, 2.45) is 5.22 Å². The molecule has 1 N–H and O–H groups in total. The summed E-state index contributed by atoms with van der Waals surface area (Å²) in [6, 6.07) is 15.9. The third-order valence-corrected chi connectivity index (χ3v) is 2.34. The lowest BCUT2D eigenvalue weighted by Crippen LogP contribution is -1.97. The van der Waals surface area contributed by atoms with Crippen LogP contribution < -0.4 is 10.2 Å². The second-order valence-corrected chi connectivity index (χ2v) is 3.55. The number of para-hydroxylation sites is 1. The number of hydrogen-bond donors (Lipinski definition) is 1. The molecule has 2 aromatic carbocycles. The molecule has 0 heterocycles. The minimum Gasteiger partial charge on any atom is -0.691 e. The first-order valence-corrected chi connectivity index (χ1v) is 5.42. The second-order valence-electron chi connectivity index (χ2n) is 3.55. The van der Waals surface area contributed by atoms with Crippen molar-refractivity contribution in [2.45, 2.75) is 0 Å². The topological polar surface area (TPSA) is 59.7 Å². The Morgan fingerprint density at radius 1 is 1.06 bits per heavy atom. The third-order valence-electron chi connectivity index (χ3n) is 2.34. The molecule has 0 amide bonds. The number of methoxy groups -OCH3 is 1. The molecule has 0 unspecified atom stereocenters. The first kappa shape index (κ1) is 11.9. The Kier molecular flexibility index (Phi) is 3.76. The Morgan fingerprint density at radius 3 is 2.33 bits per heavy atom. The molecule has 0 aliphatic heterocycles. The van der Waals surface area contributed by atoms with E-state index in [1.54, 1.807) is 55.6 Å². The SMILES string of the molecule is COc1ccc(N/N=[N+](\[O-])c2ccccc2)cc1. The molecule has 0 fully saturated rings. The summed E-state index contributed by atoms with van der Waals surface area (Å²) in [6.07, 6.45) is 0. The first-order valence-electron chi connectivity index (χ1n) is 5.42. The molecule has 2 rings (SSSR count). The van der Waals surface area contributed by atoms with E-state index in [9.17, 15) is 5.21 Å². The van der Waals surface area contributed by atoms with Gasteiger partial charge in [0, 0.05) is 0 Å². The van der Waals surface area contributed by atoms with Gasteiger partial charge in [0.05, 0.1) is 12.3 Å². The van der Waals surface area contributed by atoms with Crippen molar-refractivity contribution in [1.82, 2.24) is 0 Å². The van der Waals surface area contributed by atoms with Gasteiger partial charge in [-0.25, -0.2) is 0 Å². The van der Waals surface area contributed by atoms with Crippen LogP contribution in [0.5, 0.6) is 5.75 Å². The zero-order valence-electron chi connectivity index (χ0n) is 9.91. The van der Waals surface area contributed by atoms with E-state index in [4.69, 9.17) is 4.74 Å². The summed E-state index contributed by atoms with van der Waals surface area (Å²) in [5.74, 6) is 0.752. The summed E-state index contributed by atoms with van der Waals surface area (Å²) in [7, 11) is 1.60. The van der Waals surface area contributed by atoms with Crippen LogP contribution in [0.4, 0.5) is 11.4 Å². The average Bonchev–Trinajstić information content (AvgIpc) is 2.46. The van der Waals surface area contributed by atoms with E-state index < -0.39 is 0 Å². The third kappa shape index (κ3) is 2.98. The fourth-order valence-electron chi connectivity index (χ4n) is 1.38. The normalized spacial score (nSPS) is 11.1. The molecule has 0 saturated carbocycles. The van der Waals surface area contributed by atoms with Crippen molar-refractivity contribution in [2.75, 3.05) is 12.5 Å². The molecule has 0 radical (unpaired) electrons. The van der Waals surface area contributed by atoms with Crippen LogP contribution in [0.1, 0.15) is 0 Å². The maximum atomic E-state index is 11.6. The van der Waals surface area contributed by atoms with Gasteiger partial charge in [-0.2, -0.15) is 0 Å². The molecular weight excluding hydrogens is 230 g/mol. The van der Waals surface area contributed by atoms with Crippen LogP contribution in [0.25, 0.3) is 0 Å². The zero-order chi connectivity index (χ0) is 12.8. The molecule has 18 heavy (non-hydrogen) atoms. The minimum atomic E-state index is 0.471. The highest BCUT2D eigenvalue weighted by Gasteiger charge is 1.99. The zero-order valence-corrected chi connectivity index (χ0v) is 9.91. The highest BCUT2D eigenvalue weighted by atomic mass is 16.5. The second kappa shape index (κ2) is 5.67. The van der Waals surface area contributed by atoms with E-state index in [1.807, 2.05) is 6.07 Å². The van der Waals surface area contributed by atoms with Gasteiger partial charge in [0.2, 0.25) is 0 Å². The number of hydrogen-bond acceptors (Lipinski definition) is 3. The maximum Gasteiger partial charge on any atom is 0.154 e. The number of ether oxygens (including phenoxy) is 1. The Balaban J connectivity index is 2.05. The van der Waals surface area contributed by atoms with Gasteiger partial charge in [0.15, 0.2) is 5.69 Å². The largest absolute Gasteiger partial charge is 0.691 e. The van der Waals surface area contributed by atoms with Crippen molar-refractivity contribution in [3.63, 3.8) is 0 Å². The molecule has 2 aromatic rings. The summed E-state index contributed by atoms with van der Waals surface area (Å²) in [5.41, 5.74) is 3.86. The lowest BCUT2D eigenvalue weighted by molar-refractivity contribution is -0.439. The van der Waals surface area contributed by atoms with E-state index >= 15 is 0 Å². The van der Waals surface area contributed by atoms with Gasteiger partial charge in [-0.1, -0.05) is 18.2 Å². The highest BCUT2D eigenvalue weighted by molar-refractivity contribution is 5.45. The van der Waals surface area contributed by atoms with E-state index in [0.29, 0.717) is 16.2 Å². The van der Waals surface area contributed by atoms with Gasteiger partial charge >= 0.3 is 0 Å². The van der Waals surface area contributed by atoms with Crippen molar-refractivity contribution in [3.05, 3.63) is 59.8 Å². The number of anilines is 1. The molecule has 0 aliphatic rings. The summed E-state index contributed by atoms with van der Waals surface area (Å²) < 4.78 is 5.03. The standard InChI is InChI=1S/C13H13N3O2/c1-18-13-9-7-11(8-10-13)14-15-16(17)12-5-3-2-4-6-12/h2-10,14H,1H3/b16-15-. The van der Waals surface area contributed by atoms with Gasteiger partial charge in [-0.3, -0.25) is 0 Å². The average molecular weight is 243 g/mol. The predicted molar refractivity (Wildman–Crippen MR) is 68.8 cm³/mol. The quantitative estimate of drug-likeness (QED) is 0.509. The lowest BCUT2D eigenvalue weighted by atomic mass is 10.3. The molecule has 5 heteroatoms. The number of rotatable bonds is 4. The molecule has 5 nitrogen and oxygen atoms in total. The summed E-state index contributed by atoms with van der Waals surface area (Å²) in [6.45, 7) is 0. The van der Waals surface area contributed by atoms with Crippen molar-refractivity contribution in [3.8, 4) is 5.75 Å². The van der Waals surface area contributed by atoms with Gasteiger partial charge in [-0.05, 0) is 36.4 Å². The Hall–Kier alpha value is -2.56. The fourth-order valence-corrected chi connectivity index (χ4v) is 1.38. The Labute approximate surface area is 105 Å². The van der Waals surface area contributed by atoms with Crippen molar-refractivity contribution in [1.29, 1.82) is 0 Å². The van der Waals surface area contributed by atoms with Gasteiger partial charge in [0.25, 0.3) is 0 Å². The Morgan fingerprint density at radius 2 is 1.72 bits per heavy atom. The lowest BCUT2D eigenvalue weighted by Gasteiger charge is -2.04. The van der Waals surface area contributed by atoms with Gasteiger partial charge in [0.1, 0.15) is 11.4 Å². The van der Waals surface area contributed by atoms with Crippen molar-refractivity contribution < 1.29 is 9.60 Å². The van der Waals surface area contributed by atoms with Crippen LogP contribution in [0.2, 0.25) is 0 Å². The summed E-state index contributed by atoms with van der Waals surface area (Å²) in [4.78, 5) is 0.532. The van der Waals surface area contributed by atoms with E-state index in [2.05, 4.69) is 10.6 Å². The van der Waals surface area contributed by atoms with E-state index in [1.165, 1.54) is 0 Å².